The summed E-state index contributed by atoms with van der Waals surface area (Å²) in [6.45, 7) is 3.69. The number of hydrogen-bond donors (Lipinski definition) is 3. The zero-order chi connectivity index (χ0) is 15.1. The molecular weight excluding hydrogens is 266 g/mol. The van der Waals surface area contributed by atoms with Gasteiger partial charge in [0.1, 0.15) is 0 Å². The maximum atomic E-state index is 11.0. The molecule has 1 aromatic heterocycles. The van der Waals surface area contributed by atoms with Crippen LogP contribution < -0.4 is 5.32 Å². The lowest BCUT2D eigenvalue weighted by Gasteiger charge is -2.49. The van der Waals surface area contributed by atoms with Gasteiger partial charge in [-0.3, -0.25) is 10.1 Å². The van der Waals surface area contributed by atoms with Crippen LogP contribution in [-0.2, 0) is 0 Å². The predicted molar refractivity (Wildman–Crippen MR) is 69.7 cm³/mol. The van der Waals surface area contributed by atoms with Crippen LogP contribution in [0.3, 0.4) is 0 Å². The quantitative estimate of drug-likeness (QED) is 0.560. The number of carboxylic acid groups (broad SMARTS) is 1. The lowest BCUT2D eigenvalue weighted by atomic mass is 9.64. The number of aromatic nitrogens is 1. The summed E-state index contributed by atoms with van der Waals surface area (Å²) < 4.78 is 0. The lowest BCUT2D eigenvalue weighted by molar-refractivity contribution is -0.384. The van der Waals surface area contributed by atoms with Gasteiger partial charge in [-0.15, -0.1) is 0 Å². The van der Waals surface area contributed by atoms with Crippen LogP contribution in [-0.4, -0.2) is 38.2 Å². The number of aliphatic hydroxyl groups excluding tert-OH is 1. The van der Waals surface area contributed by atoms with Crippen LogP contribution in [0, 0.1) is 15.5 Å². The third-order valence-corrected chi connectivity index (χ3v) is 3.84. The van der Waals surface area contributed by atoms with E-state index in [1.165, 1.54) is 0 Å². The number of aromatic carboxylic acids is 1. The van der Waals surface area contributed by atoms with Crippen LogP contribution in [0.2, 0.25) is 0 Å². The lowest BCUT2D eigenvalue weighted by Crippen LogP contribution is -2.57. The molecule has 2 atom stereocenters. The zero-order valence-electron chi connectivity index (χ0n) is 11.0. The molecule has 0 amide bonds. The summed E-state index contributed by atoms with van der Waals surface area (Å²) in [6.07, 6.45) is 1.06. The van der Waals surface area contributed by atoms with E-state index < -0.39 is 22.4 Å². The van der Waals surface area contributed by atoms with E-state index in [1.54, 1.807) is 0 Å². The SMILES string of the molecule is CC1(C)C(O)CC1Nc1ncc(C(=O)O)cc1[N+](=O)[O-]. The van der Waals surface area contributed by atoms with Gasteiger partial charge in [-0.2, -0.15) is 0 Å². The third-order valence-electron chi connectivity index (χ3n) is 3.84. The van der Waals surface area contributed by atoms with Crippen molar-refractivity contribution in [2.24, 2.45) is 5.41 Å². The average Bonchev–Trinajstić information content (AvgIpc) is 2.38. The van der Waals surface area contributed by atoms with Gasteiger partial charge in [-0.05, 0) is 6.42 Å². The second kappa shape index (κ2) is 4.71. The van der Waals surface area contributed by atoms with E-state index in [9.17, 15) is 20.0 Å². The van der Waals surface area contributed by atoms with Crippen molar-refractivity contribution in [3.05, 3.63) is 27.9 Å². The first-order valence-corrected chi connectivity index (χ1v) is 6.06. The number of nitrogens with one attached hydrogen (secondary N) is 1. The summed E-state index contributed by atoms with van der Waals surface area (Å²) in [5.74, 6) is -1.25. The Morgan fingerprint density at radius 1 is 1.60 bits per heavy atom. The predicted octanol–water partition coefficient (Wildman–Crippen LogP) is 1.26. The number of aliphatic hydroxyl groups is 1. The minimum Gasteiger partial charge on any atom is -0.478 e. The van der Waals surface area contributed by atoms with Gasteiger partial charge in [0.25, 0.3) is 0 Å². The number of anilines is 1. The molecule has 1 fully saturated rings. The van der Waals surface area contributed by atoms with E-state index in [0.29, 0.717) is 6.42 Å². The molecule has 2 rings (SSSR count). The van der Waals surface area contributed by atoms with Gasteiger partial charge >= 0.3 is 11.7 Å². The number of rotatable bonds is 4. The van der Waals surface area contributed by atoms with Gasteiger partial charge in [0.15, 0.2) is 0 Å². The van der Waals surface area contributed by atoms with Crippen LogP contribution >= 0.6 is 0 Å². The Kier molecular flexibility index (Phi) is 3.34. The van der Waals surface area contributed by atoms with Crippen molar-refractivity contribution in [3.63, 3.8) is 0 Å². The van der Waals surface area contributed by atoms with Crippen molar-refractivity contribution in [2.75, 3.05) is 5.32 Å². The number of nitrogens with zero attached hydrogens (tertiary/aromatic N) is 2. The highest BCUT2D eigenvalue weighted by Crippen LogP contribution is 2.42. The molecule has 8 nitrogen and oxygen atoms in total. The normalized spacial score (nSPS) is 23.8. The molecule has 20 heavy (non-hydrogen) atoms. The van der Waals surface area contributed by atoms with Gasteiger partial charge in [0, 0.05) is 23.7 Å². The fourth-order valence-electron chi connectivity index (χ4n) is 2.13. The molecule has 108 valence electrons. The van der Waals surface area contributed by atoms with Crippen molar-refractivity contribution >= 4 is 17.5 Å². The average molecular weight is 281 g/mol. The molecule has 1 saturated carbocycles. The number of carbonyl (C=O) groups is 1. The van der Waals surface area contributed by atoms with Crippen LogP contribution in [0.4, 0.5) is 11.5 Å². The number of nitro groups is 1. The molecule has 0 aliphatic heterocycles. The summed E-state index contributed by atoms with van der Waals surface area (Å²) in [6, 6.07) is 0.819. The number of hydrogen-bond acceptors (Lipinski definition) is 6. The molecule has 0 bridgehead atoms. The molecule has 8 heteroatoms. The molecule has 0 radical (unpaired) electrons. The largest absolute Gasteiger partial charge is 0.478 e. The van der Waals surface area contributed by atoms with Crippen LogP contribution in [0.15, 0.2) is 12.3 Å². The molecule has 1 aliphatic rings. The third kappa shape index (κ3) is 2.29. The van der Waals surface area contributed by atoms with Gasteiger partial charge < -0.3 is 15.5 Å². The topological polar surface area (TPSA) is 126 Å². The number of carboxylic acids is 1. The Hall–Kier alpha value is -2.22. The minimum atomic E-state index is -1.27. The van der Waals surface area contributed by atoms with Crippen molar-refractivity contribution in [1.82, 2.24) is 4.98 Å². The smallest absolute Gasteiger partial charge is 0.337 e. The second-order valence-corrected chi connectivity index (χ2v) is 5.42. The fraction of sp³-hybridized carbons (Fsp3) is 0.500. The monoisotopic (exact) mass is 281 g/mol. The standard InChI is InChI=1S/C12H15N3O5/c1-12(2)8(4-9(12)16)14-10-7(15(19)20)3-6(5-13-10)11(17)18/h3,5,8-9,16H,4H2,1-2H3,(H,13,14)(H,17,18). The van der Waals surface area contributed by atoms with E-state index in [0.717, 1.165) is 12.3 Å². The molecule has 1 aliphatic carbocycles. The molecule has 0 spiro atoms. The fourth-order valence-corrected chi connectivity index (χ4v) is 2.13. The van der Waals surface area contributed by atoms with E-state index in [2.05, 4.69) is 10.3 Å². The molecule has 2 unspecified atom stereocenters. The van der Waals surface area contributed by atoms with Crippen molar-refractivity contribution < 1.29 is 19.9 Å². The van der Waals surface area contributed by atoms with Gasteiger partial charge in [0.05, 0.1) is 16.6 Å². The maximum Gasteiger partial charge on any atom is 0.337 e. The van der Waals surface area contributed by atoms with Crippen LogP contribution in [0.1, 0.15) is 30.6 Å². The molecule has 1 aromatic rings. The van der Waals surface area contributed by atoms with E-state index in [4.69, 9.17) is 5.11 Å². The van der Waals surface area contributed by atoms with Gasteiger partial charge in [-0.25, -0.2) is 9.78 Å². The Labute approximate surface area is 114 Å². The number of pyridine rings is 1. The Balaban J connectivity index is 2.28. The van der Waals surface area contributed by atoms with E-state index in [-0.39, 0.29) is 23.1 Å². The summed E-state index contributed by atoms with van der Waals surface area (Å²) in [5.41, 5.74) is -1.04. The second-order valence-electron chi connectivity index (χ2n) is 5.42. The molecule has 3 N–H and O–H groups in total. The van der Waals surface area contributed by atoms with Crippen molar-refractivity contribution in [1.29, 1.82) is 0 Å². The molecule has 0 saturated heterocycles. The molecular formula is C12H15N3O5. The van der Waals surface area contributed by atoms with Crippen LogP contribution in [0.25, 0.3) is 0 Å². The highest BCUT2D eigenvalue weighted by molar-refractivity contribution is 5.88. The summed E-state index contributed by atoms with van der Waals surface area (Å²) in [7, 11) is 0. The molecule has 0 aromatic carbocycles. The first-order chi connectivity index (χ1) is 9.23. The van der Waals surface area contributed by atoms with Crippen molar-refractivity contribution in [2.45, 2.75) is 32.4 Å². The van der Waals surface area contributed by atoms with Gasteiger partial charge in [-0.1, -0.05) is 13.8 Å². The van der Waals surface area contributed by atoms with E-state index >= 15 is 0 Å². The maximum absolute atomic E-state index is 11.0. The summed E-state index contributed by atoms with van der Waals surface area (Å²) >= 11 is 0. The first kappa shape index (κ1) is 14.2. The zero-order valence-corrected chi connectivity index (χ0v) is 11.0. The highest BCUT2D eigenvalue weighted by atomic mass is 16.6. The van der Waals surface area contributed by atoms with Gasteiger partial charge in [0.2, 0.25) is 5.82 Å². The Morgan fingerprint density at radius 3 is 2.70 bits per heavy atom. The minimum absolute atomic E-state index is 0.0185. The summed E-state index contributed by atoms with van der Waals surface area (Å²) in [5, 5.41) is 32.4. The Morgan fingerprint density at radius 2 is 2.25 bits per heavy atom. The van der Waals surface area contributed by atoms with Crippen LogP contribution in [0.5, 0.6) is 0 Å². The first-order valence-electron chi connectivity index (χ1n) is 6.06. The van der Waals surface area contributed by atoms with Crippen molar-refractivity contribution in [3.8, 4) is 0 Å². The molecule has 1 heterocycles. The Bertz CT molecular complexity index is 572. The summed E-state index contributed by atoms with van der Waals surface area (Å²) in [4.78, 5) is 24.9. The van der Waals surface area contributed by atoms with E-state index in [1.807, 2.05) is 13.8 Å². The highest BCUT2D eigenvalue weighted by Gasteiger charge is 2.48.